The summed E-state index contributed by atoms with van der Waals surface area (Å²) in [4.78, 5) is 10.4. The molecule has 3 heterocycles. The first-order valence-corrected chi connectivity index (χ1v) is 13.2. The summed E-state index contributed by atoms with van der Waals surface area (Å²) >= 11 is 0. The Morgan fingerprint density at radius 1 is 0.917 bits per heavy atom. The van der Waals surface area contributed by atoms with Crippen LogP contribution >= 0.6 is 0 Å². The second-order valence-corrected chi connectivity index (χ2v) is 9.56. The number of aromatic amines is 1. The van der Waals surface area contributed by atoms with E-state index in [0.717, 1.165) is 88.7 Å². The van der Waals surface area contributed by atoms with Crippen LogP contribution in [0.1, 0.15) is 29.7 Å². The van der Waals surface area contributed by atoms with Crippen LogP contribution in [-0.2, 0) is 24.1 Å². The van der Waals surface area contributed by atoms with Gasteiger partial charge in [-0.15, -0.1) is 0 Å². The van der Waals surface area contributed by atoms with Gasteiger partial charge in [-0.2, -0.15) is 0 Å². The highest BCUT2D eigenvalue weighted by Crippen LogP contribution is 2.21. The molecular formula is C30H37N5O. The van der Waals surface area contributed by atoms with Gasteiger partial charge in [0.1, 0.15) is 0 Å². The van der Waals surface area contributed by atoms with Gasteiger partial charge in [-0.1, -0.05) is 30.3 Å². The van der Waals surface area contributed by atoms with Crippen molar-refractivity contribution < 1.29 is 4.74 Å². The number of pyridine rings is 1. The monoisotopic (exact) mass is 483 g/mol. The molecule has 0 bridgehead atoms. The van der Waals surface area contributed by atoms with Crippen LogP contribution in [0.25, 0.3) is 10.9 Å². The van der Waals surface area contributed by atoms with Crippen molar-refractivity contribution in [2.24, 2.45) is 0 Å². The normalized spacial score (nSPS) is 14.3. The minimum absolute atomic E-state index is 0.786. The molecule has 36 heavy (non-hydrogen) atoms. The Hall–Kier alpha value is -3.19. The van der Waals surface area contributed by atoms with Gasteiger partial charge >= 0.3 is 0 Å². The summed E-state index contributed by atoms with van der Waals surface area (Å²) in [5.41, 5.74) is 7.23. The Morgan fingerprint density at radius 3 is 2.67 bits per heavy atom. The largest absolute Gasteiger partial charge is 0.379 e. The highest BCUT2D eigenvalue weighted by molar-refractivity contribution is 5.83. The first-order chi connectivity index (χ1) is 17.8. The zero-order valence-corrected chi connectivity index (χ0v) is 21.0. The van der Waals surface area contributed by atoms with Crippen LogP contribution in [0.3, 0.4) is 0 Å². The van der Waals surface area contributed by atoms with Crippen LogP contribution in [0, 0.1) is 0 Å². The third-order valence-electron chi connectivity index (χ3n) is 6.88. The summed E-state index contributed by atoms with van der Waals surface area (Å²) in [6, 6.07) is 21.5. The number of aryl methyl sites for hydroxylation is 2. The van der Waals surface area contributed by atoms with E-state index in [-0.39, 0.29) is 0 Å². The number of rotatable bonds is 12. The first kappa shape index (κ1) is 24.5. The fraction of sp³-hybridized carbons (Fsp3) is 0.367. The number of ether oxygens (including phenoxy) is 1. The van der Waals surface area contributed by atoms with Gasteiger partial charge in [0.2, 0.25) is 0 Å². The summed E-state index contributed by atoms with van der Waals surface area (Å²) < 4.78 is 5.41. The predicted molar refractivity (Wildman–Crippen MR) is 148 cm³/mol. The van der Waals surface area contributed by atoms with Crippen molar-refractivity contribution in [2.45, 2.75) is 32.2 Å². The van der Waals surface area contributed by atoms with E-state index in [0.29, 0.717) is 0 Å². The van der Waals surface area contributed by atoms with E-state index in [1.54, 1.807) is 0 Å². The molecule has 6 heteroatoms. The van der Waals surface area contributed by atoms with Crippen LogP contribution in [0.2, 0.25) is 0 Å². The molecule has 0 aliphatic carbocycles. The van der Waals surface area contributed by atoms with Crippen molar-refractivity contribution in [3.63, 3.8) is 0 Å². The Balaban J connectivity index is 1.04. The maximum Gasteiger partial charge on any atom is 0.0594 e. The summed E-state index contributed by atoms with van der Waals surface area (Å²) in [5.74, 6) is 0. The third kappa shape index (κ3) is 6.94. The van der Waals surface area contributed by atoms with Gasteiger partial charge in [0.15, 0.2) is 0 Å². The molecule has 5 rings (SSSR count). The van der Waals surface area contributed by atoms with E-state index in [1.807, 2.05) is 12.3 Å². The number of nitrogens with zero attached hydrogens (tertiary/aromatic N) is 2. The summed E-state index contributed by atoms with van der Waals surface area (Å²) in [6.45, 7) is 6.76. The average Bonchev–Trinajstić information content (AvgIpc) is 3.33. The maximum atomic E-state index is 5.41. The van der Waals surface area contributed by atoms with Gasteiger partial charge in [-0.05, 0) is 80.2 Å². The van der Waals surface area contributed by atoms with Crippen molar-refractivity contribution in [1.29, 1.82) is 0 Å². The molecule has 188 valence electrons. The van der Waals surface area contributed by atoms with Crippen LogP contribution in [0.4, 0.5) is 11.4 Å². The Morgan fingerprint density at radius 2 is 1.78 bits per heavy atom. The Labute approximate surface area is 214 Å². The number of nitrogens with one attached hydrogen (secondary N) is 3. The zero-order valence-electron chi connectivity index (χ0n) is 21.0. The zero-order chi connectivity index (χ0) is 24.4. The molecule has 1 aliphatic rings. The number of fused-ring (bicyclic) bond motifs is 1. The van der Waals surface area contributed by atoms with Crippen LogP contribution in [0.15, 0.2) is 73.1 Å². The summed E-state index contributed by atoms with van der Waals surface area (Å²) in [5, 5.41) is 8.40. The van der Waals surface area contributed by atoms with Crippen molar-refractivity contribution in [1.82, 2.24) is 20.2 Å². The molecule has 0 spiro atoms. The quantitative estimate of drug-likeness (QED) is 0.239. The van der Waals surface area contributed by atoms with Gasteiger partial charge in [-0.3, -0.25) is 9.88 Å². The number of H-pyrrole nitrogens is 1. The highest BCUT2D eigenvalue weighted by atomic mass is 16.5. The summed E-state index contributed by atoms with van der Waals surface area (Å²) in [6.07, 6.45) is 8.49. The van der Waals surface area contributed by atoms with Gasteiger partial charge in [0.05, 0.1) is 18.9 Å². The Kier molecular flexibility index (Phi) is 8.63. The van der Waals surface area contributed by atoms with E-state index in [1.165, 1.54) is 22.0 Å². The minimum Gasteiger partial charge on any atom is -0.379 e. The number of hydrogen-bond acceptors (Lipinski definition) is 5. The fourth-order valence-corrected chi connectivity index (χ4v) is 4.86. The van der Waals surface area contributed by atoms with E-state index in [9.17, 15) is 0 Å². The van der Waals surface area contributed by atoms with Crippen LogP contribution in [-0.4, -0.2) is 54.3 Å². The lowest BCUT2D eigenvalue weighted by molar-refractivity contribution is 0.0374. The molecule has 0 radical (unpaired) electrons. The Bertz CT molecular complexity index is 1210. The van der Waals surface area contributed by atoms with E-state index in [2.05, 4.69) is 86.3 Å². The van der Waals surface area contributed by atoms with E-state index < -0.39 is 0 Å². The van der Waals surface area contributed by atoms with Gasteiger partial charge in [0.25, 0.3) is 0 Å². The molecule has 0 amide bonds. The molecule has 0 unspecified atom stereocenters. The predicted octanol–water partition coefficient (Wildman–Crippen LogP) is 5.29. The molecule has 1 aliphatic heterocycles. The molecule has 6 nitrogen and oxygen atoms in total. The second kappa shape index (κ2) is 12.7. The maximum absolute atomic E-state index is 5.41. The summed E-state index contributed by atoms with van der Waals surface area (Å²) in [7, 11) is 0. The molecule has 3 N–H and O–H groups in total. The average molecular weight is 484 g/mol. The number of hydrogen-bond donors (Lipinski definition) is 3. The highest BCUT2D eigenvalue weighted by Gasteiger charge is 2.09. The topological polar surface area (TPSA) is 65.2 Å². The smallest absolute Gasteiger partial charge is 0.0594 e. The lowest BCUT2D eigenvalue weighted by Gasteiger charge is -2.26. The molecule has 0 saturated carbocycles. The van der Waals surface area contributed by atoms with E-state index in [4.69, 9.17) is 4.74 Å². The van der Waals surface area contributed by atoms with Gasteiger partial charge < -0.3 is 20.4 Å². The lowest BCUT2D eigenvalue weighted by Crippen LogP contribution is -2.37. The number of para-hydroxylation sites is 1. The van der Waals surface area contributed by atoms with Crippen LogP contribution < -0.4 is 10.6 Å². The molecule has 2 aromatic heterocycles. The number of morpholine rings is 1. The minimum atomic E-state index is 0.786. The second-order valence-electron chi connectivity index (χ2n) is 9.56. The first-order valence-electron chi connectivity index (χ1n) is 13.2. The van der Waals surface area contributed by atoms with Gasteiger partial charge in [-0.25, -0.2) is 0 Å². The molecule has 2 aromatic carbocycles. The van der Waals surface area contributed by atoms with Gasteiger partial charge in [0, 0.05) is 54.3 Å². The molecular weight excluding hydrogens is 446 g/mol. The number of aromatic nitrogens is 2. The molecule has 4 aromatic rings. The van der Waals surface area contributed by atoms with Crippen molar-refractivity contribution in [3.05, 3.63) is 89.9 Å². The standard InChI is InChI=1S/C30H37N5O/c1-2-8-30-29(7-1)25(22-33-30)6-3-5-24-9-11-26(12-10-24)34-27-13-15-32-28(21-27)23-31-14-4-16-35-17-19-36-20-18-35/h1-2,7-13,15,21-22,31,33H,3-6,14,16-20,23H2,(H,32,34). The van der Waals surface area contributed by atoms with Crippen LogP contribution in [0.5, 0.6) is 0 Å². The SMILES string of the molecule is c1ccc2c(CCCc3ccc(Nc4ccnc(CNCCCN5CCOCC5)c4)cc3)c[nH]c2c1. The molecule has 1 saturated heterocycles. The van der Waals surface area contributed by atoms with E-state index >= 15 is 0 Å². The molecule has 1 fully saturated rings. The van der Waals surface area contributed by atoms with Crippen molar-refractivity contribution in [3.8, 4) is 0 Å². The van der Waals surface area contributed by atoms with Crippen molar-refractivity contribution >= 4 is 22.3 Å². The molecule has 0 atom stereocenters. The fourth-order valence-electron chi connectivity index (χ4n) is 4.86. The number of anilines is 2. The third-order valence-corrected chi connectivity index (χ3v) is 6.88. The lowest BCUT2D eigenvalue weighted by atomic mass is 10.0. The number of benzene rings is 2. The van der Waals surface area contributed by atoms with Crippen molar-refractivity contribution in [2.75, 3.05) is 44.7 Å².